The molecule has 3 rings (SSSR count). The number of halogens is 1. The molecule has 0 unspecified atom stereocenters. The molecule has 1 N–H and O–H groups in total. The van der Waals surface area contributed by atoms with Crippen molar-refractivity contribution < 1.29 is 18.7 Å². The molecule has 0 spiro atoms. The molecule has 0 radical (unpaired) electrons. The Morgan fingerprint density at radius 1 is 1.17 bits per heavy atom. The molecule has 1 heterocycles. The second kappa shape index (κ2) is 6.62. The number of carbonyl (C=O) groups is 1. The van der Waals surface area contributed by atoms with Crippen molar-refractivity contribution >= 4 is 17.7 Å². The predicted octanol–water partition coefficient (Wildman–Crippen LogP) is 3.87. The van der Waals surface area contributed by atoms with Crippen molar-refractivity contribution in [3.8, 4) is 11.5 Å². The van der Waals surface area contributed by atoms with Crippen molar-refractivity contribution in [3.63, 3.8) is 0 Å². The van der Waals surface area contributed by atoms with E-state index in [4.69, 9.17) is 9.52 Å². The van der Waals surface area contributed by atoms with Crippen LogP contribution in [0.5, 0.6) is 0 Å². The van der Waals surface area contributed by atoms with Gasteiger partial charge < -0.3 is 9.52 Å². The Hall–Kier alpha value is -2.67. The van der Waals surface area contributed by atoms with Gasteiger partial charge in [0, 0.05) is 11.3 Å². The van der Waals surface area contributed by atoms with E-state index in [-0.39, 0.29) is 11.4 Å². The molecule has 0 amide bonds. The van der Waals surface area contributed by atoms with Crippen LogP contribution in [-0.2, 0) is 5.75 Å². The summed E-state index contributed by atoms with van der Waals surface area (Å²) in [5.74, 6) is -0.479. The standard InChI is InChI=1S/C16H11FN2O3S/c17-13-6-4-11(5-7-13)14-18-19-16(22-14)23-9-10-2-1-3-12(8-10)15(20)21/h1-8H,9H2,(H,20,21). The van der Waals surface area contributed by atoms with Gasteiger partial charge in [-0.25, -0.2) is 9.18 Å². The summed E-state index contributed by atoms with van der Waals surface area (Å²) in [7, 11) is 0. The summed E-state index contributed by atoms with van der Waals surface area (Å²) >= 11 is 1.31. The van der Waals surface area contributed by atoms with Crippen LogP contribution in [-0.4, -0.2) is 21.3 Å². The third-order valence-electron chi connectivity index (χ3n) is 3.03. The Labute approximate surface area is 135 Å². The van der Waals surface area contributed by atoms with Crippen LogP contribution in [0.2, 0.25) is 0 Å². The van der Waals surface area contributed by atoms with Gasteiger partial charge in [0.1, 0.15) is 5.82 Å². The molecule has 0 aliphatic carbocycles. The normalized spacial score (nSPS) is 10.7. The maximum absolute atomic E-state index is 12.9. The minimum atomic E-state index is -0.965. The molecule has 3 aromatic rings. The predicted molar refractivity (Wildman–Crippen MR) is 82.7 cm³/mol. The fraction of sp³-hybridized carbons (Fsp3) is 0.0625. The number of carboxylic acids is 1. The van der Waals surface area contributed by atoms with Gasteiger partial charge >= 0.3 is 5.97 Å². The lowest BCUT2D eigenvalue weighted by Gasteiger charge is -2.00. The van der Waals surface area contributed by atoms with Crippen molar-refractivity contribution in [1.29, 1.82) is 0 Å². The highest BCUT2D eigenvalue weighted by molar-refractivity contribution is 7.98. The first-order valence-corrected chi connectivity index (χ1v) is 7.65. The highest BCUT2D eigenvalue weighted by Crippen LogP contribution is 2.26. The quantitative estimate of drug-likeness (QED) is 0.716. The van der Waals surface area contributed by atoms with Gasteiger partial charge in [0.2, 0.25) is 5.89 Å². The van der Waals surface area contributed by atoms with Crippen molar-refractivity contribution in [3.05, 3.63) is 65.5 Å². The highest BCUT2D eigenvalue weighted by Gasteiger charge is 2.10. The van der Waals surface area contributed by atoms with Crippen molar-refractivity contribution in [2.24, 2.45) is 0 Å². The second-order valence-corrected chi connectivity index (χ2v) is 5.60. The zero-order valence-corrected chi connectivity index (χ0v) is 12.6. The average molecular weight is 330 g/mol. The van der Waals surface area contributed by atoms with E-state index in [0.717, 1.165) is 5.56 Å². The van der Waals surface area contributed by atoms with E-state index in [1.54, 1.807) is 24.3 Å². The van der Waals surface area contributed by atoms with E-state index in [1.807, 2.05) is 6.07 Å². The summed E-state index contributed by atoms with van der Waals surface area (Å²) < 4.78 is 18.4. The number of benzene rings is 2. The van der Waals surface area contributed by atoms with Crippen LogP contribution in [0.15, 0.2) is 58.2 Å². The van der Waals surface area contributed by atoms with E-state index < -0.39 is 5.97 Å². The molecular weight excluding hydrogens is 319 g/mol. The molecule has 0 saturated carbocycles. The van der Waals surface area contributed by atoms with E-state index in [9.17, 15) is 9.18 Å². The lowest BCUT2D eigenvalue weighted by Crippen LogP contribution is -1.96. The van der Waals surface area contributed by atoms with Gasteiger partial charge in [0.05, 0.1) is 5.56 Å². The lowest BCUT2D eigenvalue weighted by molar-refractivity contribution is 0.0697. The Kier molecular flexibility index (Phi) is 4.38. The fourth-order valence-corrected chi connectivity index (χ4v) is 2.62. The number of hydrogen-bond acceptors (Lipinski definition) is 5. The molecule has 7 heteroatoms. The van der Waals surface area contributed by atoms with Gasteiger partial charge in [-0.15, -0.1) is 10.2 Å². The topological polar surface area (TPSA) is 76.2 Å². The molecule has 116 valence electrons. The summed E-state index contributed by atoms with van der Waals surface area (Å²) in [6.45, 7) is 0. The van der Waals surface area contributed by atoms with Crippen LogP contribution in [0.1, 0.15) is 15.9 Å². The van der Waals surface area contributed by atoms with E-state index in [0.29, 0.717) is 22.4 Å². The average Bonchev–Trinajstić information content (AvgIpc) is 3.03. The van der Waals surface area contributed by atoms with Crippen molar-refractivity contribution in [2.45, 2.75) is 11.0 Å². The van der Waals surface area contributed by atoms with Gasteiger partial charge in [-0.3, -0.25) is 0 Å². The summed E-state index contributed by atoms with van der Waals surface area (Å²) in [6.07, 6.45) is 0. The molecule has 0 bridgehead atoms. The molecular formula is C16H11FN2O3S. The number of aromatic carboxylic acids is 1. The van der Waals surface area contributed by atoms with Gasteiger partial charge in [-0.05, 0) is 42.0 Å². The van der Waals surface area contributed by atoms with Crippen molar-refractivity contribution in [2.75, 3.05) is 0 Å². The smallest absolute Gasteiger partial charge is 0.335 e. The Balaban J connectivity index is 1.69. The van der Waals surface area contributed by atoms with Crippen LogP contribution < -0.4 is 0 Å². The highest BCUT2D eigenvalue weighted by atomic mass is 32.2. The lowest BCUT2D eigenvalue weighted by atomic mass is 10.1. The maximum Gasteiger partial charge on any atom is 0.335 e. The van der Waals surface area contributed by atoms with Crippen LogP contribution in [0.25, 0.3) is 11.5 Å². The SMILES string of the molecule is O=C(O)c1cccc(CSc2nnc(-c3ccc(F)cc3)o2)c1. The third kappa shape index (κ3) is 3.75. The van der Waals surface area contributed by atoms with Gasteiger partial charge in [-0.1, -0.05) is 23.9 Å². The molecule has 0 fully saturated rings. The minimum absolute atomic E-state index is 0.237. The molecule has 0 aliphatic heterocycles. The molecule has 0 aliphatic rings. The molecule has 1 aromatic heterocycles. The maximum atomic E-state index is 12.9. The van der Waals surface area contributed by atoms with Crippen LogP contribution in [0, 0.1) is 5.82 Å². The summed E-state index contributed by atoms with van der Waals surface area (Å²) in [4.78, 5) is 10.9. The van der Waals surface area contributed by atoms with Gasteiger partial charge in [-0.2, -0.15) is 0 Å². The monoisotopic (exact) mass is 330 g/mol. The second-order valence-electron chi connectivity index (χ2n) is 4.67. The Morgan fingerprint density at radius 2 is 1.96 bits per heavy atom. The van der Waals surface area contributed by atoms with Crippen LogP contribution >= 0.6 is 11.8 Å². The van der Waals surface area contributed by atoms with E-state index in [2.05, 4.69) is 10.2 Å². The number of thioether (sulfide) groups is 1. The first-order valence-electron chi connectivity index (χ1n) is 6.66. The summed E-state index contributed by atoms with van der Waals surface area (Å²) in [6, 6.07) is 12.4. The number of carboxylic acid groups (broad SMARTS) is 1. The van der Waals surface area contributed by atoms with Crippen LogP contribution in [0.4, 0.5) is 4.39 Å². The fourth-order valence-electron chi connectivity index (χ4n) is 1.92. The van der Waals surface area contributed by atoms with Crippen LogP contribution in [0.3, 0.4) is 0 Å². The summed E-state index contributed by atoms with van der Waals surface area (Å²) in [5.41, 5.74) is 1.72. The molecule has 23 heavy (non-hydrogen) atoms. The third-order valence-corrected chi connectivity index (χ3v) is 3.92. The summed E-state index contributed by atoms with van der Waals surface area (Å²) in [5, 5.41) is 17.2. The molecule has 2 aromatic carbocycles. The van der Waals surface area contributed by atoms with Gasteiger partial charge in [0.15, 0.2) is 0 Å². The molecule has 0 saturated heterocycles. The first-order chi connectivity index (χ1) is 11.1. The largest absolute Gasteiger partial charge is 0.478 e. The first kappa shape index (κ1) is 15.2. The number of hydrogen-bond donors (Lipinski definition) is 1. The van der Waals surface area contributed by atoms with E-state index >= 15 is 0 Å². The van der Waals surface area contributed by atoms with E-state index in [1.165, 1.54) is 30.0 Å². The zero-order chi connectivity index (χ0) is 16.2. The number of aromatic nitrogens is 2. The molecule has 5 nitrogen and oxygen atoms in total. The Bertz CT molecular complexity index is 833. The number of rotatable bonds is 5. The number of nitrogens with zero attached hydrogens (tertiary/aromatic N) is 2. The minimum Gasteiger partial charge on any atom is -0.478 e. The Morgan fingerprint density at radius 3 is 2.70 bits per heavy atom. The van der Waals surface area contributed by atoms with Gasteiger partial charge in [0.25, 0.3) is 5.22 Å². The van der Waals surface area contributed by atoms with Crippen molar-refractivity contribution in [1.82, 2.24) is 10.2 Å². The zero-order valence-electron chi connectivity index (χ0n) is 11.8. The molecule has 0 atom stereocenters.